The highest BCUT2D eigenvalue weighted by Crippen LogP contribution is 2.32. The van der Waals surface area contributed by atoms with Gasteiger partial charge in [-0.25, -0.2) is 0 Å². The first kappa shape index (κ1) is 15.3. The van der Waals surface area contributed by atoms with Gasteiger partial charge < -0.3 is 16.0 Å². The quantitative estimate of drug-likeness (QED) is 0.801. The van der Waals surface area contributed by atoms with Gasteiger partial charge in [-0.2, -0.15) is 0 Å². The van der Waals surface area contributed by atoms with Crippen molar-refractivity contribution in [2.45, 2.75) is 45.1 Å². The molecule has 0 radical (unpaired) electrons. The second-order valence-electron chi connectivity index (χ2n) is 6.41. The third kappa shape index (κ3) is 3.14. The first-order chi connectivity index (χ1) is 9.56. The molecule has 1 aliphatic carbocycles. The highest BCUT2D eigenvalue weighted by Gasteiger charge is 2.40. The number of nitrogens with zero attached hydrogens (tertiary/aromatic N) is 1. The van der Waals surface area contributed by atoms with Crippen molar-refractivity contribution in [1.82, 2.24) is 10.2 Å². The number of nitrogens with one attached hydrogen (secondary N) is 1. The third-order valence-corrected chi connectivity index (χ3v) is 4.87. The van der Waals surface area contributed by atoms with Crippen molar-refractivity contribution in [3.8, 4) is 0 Å². The van der Waals surface area contributed by atoms with Crippen LogP contribution in [0.1, 0.15) is 39.0 Å². The standard InChI is InChI=1S/C15H27N3O2/c1-10-7-13(14(19)17-2)18(9-10)15(20)12-5-3-11(8-16)4-6-12/h10-13H,3-9,16H2,1-2H3,(H,17,19). The molecule has 0 aromatic heterocycles. The van der Waals surface area contributed by atoms with Crippen molar-refractivity contribution in [2.24, 2.45) is 23.5 Å². The molecule has 0 bridgehead atoms. The van der Waals surface area contributed by atoms with E-state index in [-0.39, 0.29) is 23.8 Å². The van der Waals surface area contributed by atoms with Gasteiger partial charge in [0.2, 0.25) is 11.8 Å². The van der Waals surface area contributed by atoms with E-state index in [2.05, 4.69) is 12.2 Å². The summed E-state index contributed by atoms with van der Waals surface area (Å²) in [6, 6.07) is -0.269. The van der Waals surface area contributed by atoms with Crippen LogP contribution in [0.4, 0.5) is 0 Å². The Kier molecular flexibility index (Phi) is 5.02. The Morgan fingerprint density at radius 3 is 2.45 bits per heavy atom. The van der Waals surface area contributed by atoms with Crippen molar-refractivity contribution in [3.05, 3.63) is 0 Å². The molecule has 1 aliphatic heterocycles. The van der Waals surface area contributed by atoms with E-state index in [0.29, 0.717) is 18.4 Å². The highest BCUT2D eigenvalue weighted by atomic mass is 16.2. The molecule has 0 aromatic rings. The number of hydrogen-bond donors (Lipinski definition) is 2. The van der Waals surface area contributed by atoms with Crippen molar-refractivity contribution in [1.29, 1.82) is 0 Å². The minimum atomic E-state index is -0.269. The van der Waals surface area contributed by atoms with E-state index in [4.69, 9.17) is 5.73 Å². The molecule has 2 amide bonds. The van der Waals surface area contributed by atoms with E-state index in [9.17, 15) is 9.59 Å². The predicted octanol–water partition coefficient (Wildman–Crippen LogP) is 0.735. The van der Waals surface area contributed by atoms with E-state index < -0.39 is 0 Å². The van der Waals surface area contributed by atoms with Crippen LogP contribution in [0.5, 0.6) is 0 Å². The molecule has 1 heterocycles. The number of nitrogens with two attached hydrogens (primary N) is 1. The van der Waals surface area contributed by atoms with Gasteiger partial charge in [0.1, 0.15) is 6.04 Å². The van der Waals surface area contributed by atoms with Gasteiger partial charge in [-0.3, -0.25) is 9.59 Å². The molecule has 1 saturated carbocycles. The second kappa shape index (κ2) is 6.57. The lowest BCUT2D eigenvalue weighted by Gasteiger charge is -2.32. The van der Waals surface area contributed by atoms with Gasteiger partial charge >= 0.3 is 0 Å². The second-order valence-corrected chi connectivity index (χ2v) is 6.41. The number of carbonyl (C=O) groups is 2. The van der Waals surface area contributed by atoms with Crippen LogP contribution in [0.2, 0.25) is 0 Å². The molecule has 1 saturated heterocycles. The fourth-order valence-electron chi connectivity index (χ4n) is 3.58. The van der Waals surface area contributed by atoms with Crippen LogP contribution in [0.15, 0.2) is 0 Å². The fourth-order valence-corrected chi connectivity index (χ4v) is 3.58. The van der Waals surface area contributed by atoms with Gasteiger partial charge in [0.05, 0.1) is 0 Å². The van der Waals surface area contributed by atoms with E-state index in [1.807, 2.05) is 4.90 Å². The maximum absolute atomic E-state index is 12.7. The molecule has 2 rings (SSSR count). The summed E-state index contributed by atoms with van der Waals surface area (Å²) < 4.78 is 0. The van der Waals surface area contributed by atoms with Gasteiger partial charge in [0, 0.05) is 19.5 Å². The normalized spacial score (nSPS) is 34.0. The van der Waals surface area contributed by atoms with E-state index in [0.717, 1.165) is 38.6 Å². The van der Waals surface area contributed by atoms with Crippen molar-refractivity contribution >= 4 is 11.8 Å². The van der Waals surface area contributed by atoms with Gasteiger partial charge in [0.15, 0.2) is 0 Å². The molecule has 20 heavy (non-hydrogen) atoms. The Balaban J connectivity index is 1.99. The predicted molar refractivity (Wildman–Crippen MR) is 77.9 cm³/mol. The van der Waals surface area contributed by atoms with Crippen LogP contribution in [-0.4, -0.2) is 42.9 Å². The van der Waals surface area contributed by atoms with E-state index >= 15 is 0 Å². The molecule has 2 unspecified atom stereocenters. The Labute approximate surface area is 121 Å². The molecular formula is C15H27N3O2. The SMILES string of the molecule is CNC(=O)C1CC(C)CN1C(=O)C1CCC(CN)CC1. The van der Waals surface area contributed by atoms with Crippen LogP contribution in [0, 0.1) is 17.8 Å². The summed E-state index contributed by atoms with van der Waals surface area (Å²) >= 11 is 0. The molecule has 2 fully saturated rings. The first-order valence-electron chi connectivity index (χ1n) is 7.79. The average Bonchev–Trinajstić information content (AvgIpc) is 2.87. The molecular weight excluding hydrogens is 254 g/mol. The lowest BCUT2D eigenvalue weighted by Crippen LogP contribution is -2.47. The van der Waals surface area contributed by atoms with Crippen LogP contribution >= 0.6 is 0 Å². The van der Waals surface area contributed by atoms with Gasteiger partial charge in [-0.1, -0.05) is 6.92 Å². The molecule has 2 aliphatic rings. The lowest BCUT2D eigenvalue weighted by atomic mass is 9.81. The van der Waals surface area contributed by atoms with Crippen LogP contribution in [-0.2, 0) is 9.59 Å². The average molecular weight is 281 g/mol. The van der Waals surface area contributed by atoms with Gasteiger partial charge in [-0.15, -0.1) is 0 Å². The highest BCUT2D eigenvalue weighted by molar-refractivity contribution is 5.89. The zero-order valence-corrected chi connectivity index (χ0v) is 12.6. The van der Waals surface area contributed by atoms with E-state index in [1.165, 1.54) is 0 Å². The third-order valence-electron chi connectivity index (χ3n) is 4.87. The Hall–Kier alpha value is -1.10. The topological polar surface area (TPSA) is 75.4 Å². The number of likely N-dealkylation sites (N-methyl/N-ethyl adjacent to an activating group) is 1. The molecule has 0 aromatic carbocycles. The summed E-state index contributed by atoms with van der Waals surface area (Å²) in [5.41, 5.74) is 5.70. The molecule has 114 valence electrons. The Bertz CT molecular complexity index is 364. The zero-order valence-electron chi connectivity index (χ0n) is 12.6. The Morgan fingerprint density at radius 2 is 1.90 bits per heavy atom. The number of rotatable bonds is 3. The lowest BCUT2D eigenvalue weighted by molar-refractivity contribution is -0.142. The Morgan fingerprint density at radius 1 is 1.25 bits per heavy atom. The number of amides is 2. The number of likely N-dealkylation sites (tertiary alicyclic amines) is 1. The number of hydrogen-bond acceptors (Lipinski definition) is 3. The minimum Gasteiger partial charge on any atom is -0.357 e. The fraction of sp³-hybridized carbons (Fsp3) is 0.867. The summed E-state index contributed by atoms with van der Waals surface area (Å²) in [5, 5.41) is 2.68. The number of carbonyl (C=O) groups excluding carboxylic acids is 2. The summed E-state index contributed by atoms with van der Waals surface area (Å²) in [4.78, 5) is 26.4. The molecule has 5 heteroatoms. The van der Waals surface area contributed by atoms with Crippen molar-refractivity contribution in [2.75, 3.05) is 20.1 Å². The first-order valence-corrected chi connectivity index (χ1v) is 7.79. The zero-order chi connectivity index (χ0) is 14.7. The maximum Gasteiger partial charge on any atom is 0.242 e. The van der Waals surface area contributed by atoms with Crippen LogP contribution < -0.4 is 11.1 Å². The minimum absolute atomic E-state index is 0.0293. The maximum atomic E-state index is 12.7. The largest absolute Gasteiger partial charge is 0.357 e. The molecule has 3 N–H and O–H groups in total. The van der Waals surface area contributed by atoms with Gasteiger partial charge in [0.25, 0.3) is 0 Å². The summed E-state index contributed by atoms with van der Waals surface area (Å²) in [6.07, 6.45) is 4.71. The van der Waals surface area contributed by atoms with Gasteiger partial charge in [-0.05, 0) is 50.5 Å². The van der Waals surface area contributed by atoms with Crippen molar-refractivity contribution in [3.63, 3.8) is 0 Å². The summed E-state index contributed by atoms with van der Waals surface area (Å²) in [5.74, 6) is 1.22. The monoisotopic (exact) mass is 281 g/mol. The molecule has 0 spiro atoms. The van der Waals surface area contributed by atoms with Crippen LogP contribution in [0.25, 0.3) is 0 Å². The van der Waals surface area contributed by atoms with Crippen LogP contribution in [0.3, 0.4) is 0 Å². The van der Waals surface area contributed by atoms with E-state index in [1.54, 1.807) is 7.05 Å². The van der Waals surface area contributed by atoms with Crippen molar-refractivity contribution < 1.29 is 9.59 Å². The molecule has 2 atom stereocenters. The smallest absolute Gasteiger partial charge is 0.242 e. The molecule has 5 nitrogen and oxygen atoms in total. The summed E-state index contributed by atoms with van der Waals surface area (Å²) in [6.45, 7) is 3.55. The summed E-state index contributed by atoms with van der Waals surface area (Å²) in [7, 11) is 1.64.